The van der Waals surface area contributed by atoms with Gasteiger partial charge in [0.15, 0.2) is 0 Å². The van der Waals surface area contributed by atoms with Crippen LogP contribution in [0.2, 0.25) is 0 Å². The number of aromatic nitrogens is 1. The van der Waals surface area contributed by atoms with Gasteiger partial charge in [-0.25, -0.2) is 8.78 Å². The Bertz CT molecular complexity index is 1020. The SMILES string of the molecule is O=C(O)CNC(=O)c1c(O)c2c(n(Cc3ccc(F)cc3F)c1=O)CCOC2. The molecule has 10 heteroatoms. The second kappa shape index (κ2) is 7.77. The number of aromatic hydroxyl groups is 1. The van der Waals surface area contributed by atoms with Crippen molar-refractivity contribution in [1.82, 2.24) is 9.88 Å². The third kappa shape index (κ3) is 3.72. The molecule has 2 aromatic rings. The molecule has 0 radical (unpaired) electrons. The highest BCUT2D eigenvalue weighted by atomic mass is 19.1. The van der Waals surface area contributed by atoms with Gasteiger partial charge in [0.1, 0.15) is 29.5 Å². The molecule has 0 aliphatic carbocycles. The molecule has 3 rings (SSSR count). The molecule has 2 heterocycles. The van der Waals surface area contributed by atoms with Gasteiger partial charge in [0.25, 0.3) is 11.5 Å². The average molecular weight is 394 g/mol. The number of nitrogens with one attached hydrogen (secondary N) is 1. The Morgan fingerprint density at radius 3 is 2.71 bits per heavy atom. The summed E-state index contributed by atoms with van der Waals surface area (Å²) < 4.78 is 33.6. The summed E-state index contributed by atoms with van der Waals surface area (Å²) in [6.45, 7) is -0.875. The molecule has 28 heavy (non-hydrogen) atoms. The number of fused-ring (bicyclic) bond motifs is 1. The quantitative estimate of drug-likeness (QED) is 0.690. The van der Waals surface area contributed by atoms with Gasteiger partial charge in [0, 0.05) is 29.3 Å². The van der Waals surface area contributed by atoms with Crippen LogP contribution in [0.4, 0.5) is 8.78 Å². The average Bonchev–Trinajstić information content (AvgIpc) is 2.65. The third-order valence-electron chi connectivity index (χ3n) is 4.36. The van der Waals surface area contributed by atoms with Crippen molar-refractivity contribution in [2.75, 3.05) is 13.2 Å². The lowest BCUT2D eigenvalue weighted by Gasteiger charge is -2.24. The lowest BCUT2D eigenvalue weighted by Crippen LogP contribution is -2.38. The molecule has 0 atom stereocenters. The number of amides is 1. The fraction of sp³-hybridized carbons (Fsp3) is 0.278. The van der Waals surface area contributed by atoms with Crippen LogP contribution in [-0.4, -0.2) is 39.8 Å². The predicted octanol–water partition coefficient (Wildman–Crippen LogP) is 0.767. The molecule has 3 N–H and O–H groups in total. The van der Waals surface area contributed by atoms with E-state index in [1.807, 2.05) is 5.32 Å². The molecule has 0 saturated heterocycles. The lowest BCUT2D eigenvalue weighted by atomic mass is 10.0. The Balaban J connectivity index is 2.12. The van der Waals surface area contributed by atoms with Crippen molar-refractivity contribution in [2.45, 2.75) is 19.6 Å². The largest absolute Gasteiger partial charge is 0.506 e. The number of carbonyl (C=O) groups is 2. The summed E-state index contributed by atoms with van der Waals surface area (Å²) in [7, 11) is 0. The maximum atomic E-state index is 14.1. The van der Waals surface area contributed by atoms with Gasteiger partial charge < -0.3 is 24.8 Å². The summed E-state index contributed by atoms with van der Waals surface area (Å²) in [5, 5.41) is 21.1. The first-order chi connectivity index (χ1) is 13.3. The molecule has 0 fully saturated rings. The molecule has 8 nitrogen and oxygen atoms in total. The maximum absolute atomic E-state index is 14.1. The van der Waals surface area contributed by atoms with Crippen LogP contribution in [0.1, 0.15) is 27.2 Å². The van der Waals surface area contributed by atoms with E-state index < -0.39 is 46.9 Å². The fourth-order valence-electron chi connectivity index (χ4n) is 3.03. The second-order valence-corrected chi connectivity index (χ2v) is 6.15. The normalized spacial score (nSPS) is 13.1. The number of ether oxygens (including phenoxy) is 1. The van der Waals surface area contributed by atoms with Crippen LogP contribution < -0.4 is 10.9 Å². The molecule has 1 aromatic carbocycles. The van der Waals surface area contributed by atoms with Gasteiger partial charge in [-0.05, 0) is 6.07 Å². The highest BCUT2D eigenvalue weighted by Gasteiger charge is 2.28. The van der Waals surface area contributed by atoms with Gasteiger partial charge in [-0.1, -0.05) is 6.07 Å². The molecule has 1 aromatic heterocycles. The van der Waals surface area contributed by atoms with E-state index in [0.29, 0.717) is 11.8 Å². The molecule has 1 amide bonds. The number of hydrogen-bond acceptors (Lipinski definition) is 5. The number of aliphatic carboxylic acids is 1. The van der Waals surface area contributed by atoms with E-state index in [0.717, 1.165) is 10.6 Å². The minimum absolute atomic E-state index is 0.0137. The first-order valence-electron chi connectivity index (χ1n) is 8.28. The summed E-state index contributed by atoms with van der Waals surface area (Å²) in [6.07, 6.45) is 0.234. The zero-order valence-corrected chi connectivity index (χ0v) is 14.5. The van der Waals surface area contributed by atoms with Crippen LogP contribution in [0.5, 0.6) is 5.75 Å². The molecule has 0 bridgehead atoms. The summed E-state index contributed by atoms with van der Waals surface area (Å²) in [6, 6.07) is 2.90. The predicted molar refractivity (Wildman–Crippen MR) is 91.2 cm³/mol. The number of carboxylic acids is 1. The molecule has 0 saturated carbocycles. The minimum Gasteiger partial charge on any atom is -0.506 e. The van der Waals surface area contributed by atoms with Crippen molar-refractivity contribution < 1.29 is 33.3 Å². The van der Waals surface area contributed by atoms with Crippen LogP contribution in [0, 0.1) is 11.6 Å². The number of carboxylic acid groups (broad SMARTS) is 1. The number of benzene rings is 1. The Hall–Kier alpha value is -3.27. The Kier molecular flexibility index (Phi) is 5.41. The van der Waals surface area contributed by atoms with Gasteiger partial charge >= 0.3 is 5.97 Å². The van der Waals surface area contributed by atoms with Gasteiger partial charge in [-0.3, -0.25) is 14.4 Å². The van der Waals surface area contributed by atoms with Crippen LogP contribution >= 0.6 is 0 Å². The van der Waals surface area contributed by atoms with E-state index in [-0.39, 0.29) is 37.3 Å². The molecule has 0 spiro atoms. The topological polar surface area (TPSA) is 118 Å². The number of nitrogens with zero attached hydrogens (tertiary/aromatic N) is 1. The van der Waals surface area contributed by atoms with Gasteiger partial charge in [-0.2, -0.15) is 0 Å². The summed E-state index contributed by atoms with van der Waals surface area (Å²) in [5.41, 5.74) is -1.00. The monoisotopic (exact) mass is 394 g/mol. The number of carbonyl (C=O) groups excluding carboxylic acids is 1. The van der Waals surface area contributed by atoms with E-state index in [2.05, 4.69) is 0 Å². The molecule has 1 aliphatic rings. The Morgan fingerprint density at radius 1 is 1.29 bits per heavy atom. The Morgan fingerprint density at radius 2 is 2.04 bits per heavy atom. The fourth-order valence-corrected chi connectivity index (χ4v) is 3.03. The van der Waals surface area contributed by atoms with Gasteiger partial charge in [-0.15, -0.1) is 0 Å². The van der Waals surface area contributed by atoms with Crippen molar-refractivity contribution in [1.29, 1.82) is 0 Å². The Labute approximate surface area is 157 Å². The zero-order chi connectivity index (χ0) is 20.4. The summed E-state index contributed by atoms with van der Waals surface area (Å²) >= 11 is 0. The molecule has 0 unspecified atom stereocenters. The zero-order valence-electron chi connectivity index (χ0n) is 14.5. The molecular formula is C18H16F2N2O6. The van der Waals surface area contributed by atoms with Crippen LogP contribution in [0.3, 0.4) is 0 Å². The first kappa shape index (κ1) is 19.5. The highest BCUT2D eigenvalue weighted by molar-refractivity contribution is 5.98. The number of hydrogen-bond donors (Lipinski definition) is 3. The van der Waals surface area contributed by atoms with Crippen molar-refractivity contribution in [3.05, 3.63) is 62.6 Å². The maximum Gasteiger partial charge on any atom is 0.322 e. The van der Waals surface area contributed by atoms with Crippen LogP contribution in [-0.2, 0) is 29.1 Å². The minimum atomic E-state index is -1.33. The highest BCUT2D eigenvalue weighted by Crippen LogP contribution is 2.28. The van der Waals surface area contributed by atoms with E-state index in [1.54, 1.807) is 0 Å². The van der Waals surface area contributed by atoms with E-state index in [1.165, 1.54) is 6.07 Å². The second-order valence-electron chi connectivity index (χ2n) is 6.15. The third-order valence-corrected chi connectivity index (χ3v) is 4.36. The van der Waals surface area contributed by atoms with E-state index >= 15 is 0 Å². The van der Waals surface area contributed by atoms with Crippen molar-refractivity contribution in [2.24, 2.45) is 0 Å². The number of rotatable bonds is 5. The number of pyridine rings is 1. The molecular weight excluding hydrogens is 378 g/mol. The summed E-state index contributed by atoms with van der Waals surface area (Å²) in [4.78, 5) is 35.8. The molecule has 1 aliphatic heterocycles. The first-order valence-corrected chi connectivity index (χ1v) is 8.28. The van der Waals surface area contributed by atoms with Crippen molar-refractivity contribution in [3.63, 3.8) is 0 Å². The van der Waals surface area contributed by atoms with Gasteiger partial charge in [0.2, 0.25) is 0 Å². The van der Waals surface area contributed by atoms with Crippen LogP contribution in [0.15, 0.2) is 23.0 Å². The summed E-state index contributed by atoms with van der Waals surface area (Å²) in [5.74, 6) is -4.64. The smallest absolute Gasteiger partial charge is 0.322 e. The number of halogens is 2. The van der Waals surface area contributed by atoms with Crippen LogP contribution in [0.25, 0.3) is 0 Å². The van der Waals surface area contributed by atoms with Gasteiger partial charge in [0.05, 0.1) is 19.8 Å². The van der Waals surface area contributed by atoms with E-state index in [9.17, 15) is 28.3 Å². The molecule has 148 valence electrons. The lowest BCUT2D eigenvalue weighted by molar-refractivity contribution is -0.135. The van der Waals surface area contributed by atoms with Crippen molar-refractivity contribution >= 4 is 11.9 Å². The standard InChI is InChI=1S/C18H16F2N2O6/c19-10-2-1-9(12(20)5-10)7-22-13-3-4-28-8-11(13)16(25)15(18(22)27)17(26)21-6-14(23)24/h1-2,5,25H,3-4,6-8H2,(H,21,26)(H,23,24). The van der Waals surface area contributed by atoms with E-state index in [4.69, 9.17) is 9.84 Å². The van der Waals surface area contributed by atoms with Crippen molar-refractivity contribution in [3.8, 4) is 5.75 Å².